The van der Waals surface area contributed by atoms with E-state index in [4.69, 9.17) is 4.74 Å². The van der Waals surface area contributed by atoms with Crippen molar-refractivity contribution in [2.45, 2.75) is 32.8 Å². The van der Waals surface area contributed by atoms with Crippen molar-refractivity contribution in [3.8, 4) is 5.75 Å². The smallest absolute Gasteiger partial charge is 0.107 e. The summed E-state index contributed by atoms with van der Waals surface area (Å²) in [5.41, 5.74) is 2.45. The molecule has 85 valence electrons. The zero-order valence-corrected chi connectivity index (χ0v) is 12.9. The van der Waals surface area contributed by atoms with Crippen LogP contribution in [0.2, 0.25) is 0 Å². The third-order valence-electron chi connectivity index (χ3n) is 2.78. The summed E-state index contributed by atoms with van der Waals surface area (Å²) in [6, 6.07) is 7.55. The number of hydrogen-bond acceptors (Lipinski definition) is 2. The second-order valence-corrected chi connectivity index (χ2v) is 4.08. The summed E-state index contributed by atoms with van der Waals surface area (Å²) in [5.74, 6) is 0.962. The van der Waals surface area contributed by atoms with Crippen LogP contribution in [-0.2, 0) is 39.1 Å². The van der Waals surface area contributed by atoms with Gasteiger partial charge in [0.25, 0.3) is 0 Å². The molecule has 1 aromatic rings. The zero-order valence-electron chi connectivity index (χ0n) is 10.0. The van der Waals surface area contributed by atoms with Crippen LogP contribution in [0.5, 0.6) is 5.75 Å². The number of fused-ring (bicyclic) bond motifs is 1. The third-order valence-corrected chi connectivity index (χ3v) is 2.78. The van der Waals surface area contributed by atoms with Gasteiger partial charge in [-0.15, -0.1) is 11.6 Å². The van der Waals surface area contributed by atoms with Crippen LogP contribution in [-0.4, -0.2) is 19.2 Å². The van der Waals surface area contributed by atoms with Gasteiger partial charge in [-0.05, 0) is 13.0 Å². The predicted octanol–water partition coefficient (Wildman–Crippen LogP) is 2.10. The molecule has 1 atom stereocenters. The van der Waals surface area contributed by atoms with Crippen LogP contribution < -0.4 is 10.1 Å². The molecule has 0 saturated heterocycles. The predicted molar refractivity (Wildman–Crippen MR) is 61.3 cm³/mol. The average molecular weight is 293 g/mol. The number of hydrogen-bond donors (Lipinski definition) is 1. The monoisotopic (exact) mass is 293 g/mol. The van der Waals surface area contributed by atoms with Gasteiger partial charge in [-0.2, -0.15) is 17.7 Å². The number of nitrogens with one attached hydrogen (secondary N) is 1. The van der Waals surface area contributed by atoms with Gasteiger partial charge in [-0.3, -0.25) is 0 Å². The molecule has 2 rings (SSSR count). The normalized spacial score (nSPS) is 18.2. The van der Waals surface area contributed by atoms with Crippen molar-refractivity contribution in [2.24, 2.45) is 0 Å². The Kier molecular flexibility index (Phi) is 5.95. The fourth-order valence-electron chi connectivity index (χ4n) is 1.90. The SMILES string of the molecule is CCNCC1CCc2ccc(C)[c-]c2O1.[Y]. The summed E-state index contributed by atoms with van der Waals surface area (Å²) in [7, 11) is 0. The first kappa shape index (κ1) is 14.1. The maximum absolute atomic E-state index is 5.90. The molecule has 1 radical (unpaired) electrons. The topological polar surface area (TPSA) is 21.3 Å². The zero-order chi connectivity index (χ0) is 10.7. The van der Waals surface area contributed by atoms with E-state index in [0.29, 0.717) is 6.10 Å². The minimum absolute atomic E-state index is 0. The largest absolute Gasteiger partial charge is 0.515 e. The van der Waals surface area contributed by atoms with E-state index in [0.717, 1.165) is 37.2 Å². The van der Waals surface area contributed by atoms with Crippen molar-refractivity contribution in [3.63, 3.8) is 0 Å². The second-order valence-electron chi connectivity index (χ2n) is 4.08. The Morgan fingerprint density at radius 1 is 1.50 bits per heavy atom. The number of likely N-dealkylation sites (N-methyl/N-ethyl adjacent to an activating group) is 1. The van der Waals surface area contributed by atoms with Gasteiger partial charge in [-0.1, -0.05) is 20.3 Å². The summed E-state index contributed by atoms with van der Waals surface area (Å²) in [6.45, 7) is 6.12. The first-order chi connectivity index (χ1) is 7.29. The van der Waals surface area contributed by atoms with Crippen LogP contribution in [0, 0.1) is 13.0 Å². The number of ether oxygens (including phenoxy) is 1. The maximum Gasteiger partial charge on any atom is 0.107 e. The van der Waals surface area contributed by atoms with Crippen LogP contribution in [0.1, 0.15) is 24.5 Å². The quantitative estimate of drug-likeness (QED) is 0.862. The number of aryl methyl sites for hydroxylation is 2. The molecule has 1 aliphatic rings. The van der Waals surface area contributed by atoms with E-state index >= 15 is 0 Å². The van der Waals surface area contributed by atoms with Crippen molar-refractivity contribution in [1.29, 1.82) is 0 Å². The fourth-order valence-corrected chi connectivity index (χ4v) is 1.90. The van der Waals surface area contributed by atoms with E-state index in [9.17, 15) is 0 Å². The van der Waals surface area contributed by atoms with E-state index in [1.54, 1.807) is 0 Å². The van der Waals surface area contributed by atoms with Crippen molar-refractivity contribution in [2.75, 3.05) is 13.1 Å². The number of rotatable bonds is 3. The van der Waals surface area contributed by atoms with Crippen molar-refractivity contribution < 1.29 is 37.4 Å². The molecule has 1 aliphatic heterocycles. The molecule has 0 aromatic heterocycles. The standard InChI is InChI=1S/C13H18NO.Y/c1-3-14-9-12-7-6-11-5-4-10(2)8-13(11)15-12;/h4-5,12,14H,3,6-7,9H2,1-2H3;/q-1;. The fraction of sp³-hybridized carbons (Fsp3) is 0.538. The molecular weight excluding hydrogens is 275 g/mol. The summed E-state index contributed by atoms with van der Waals surface area (Å²) >= 11 is 0. The Morgan fingerprint density at radius 2 is 2.31 bits per heavy atom. The Bertz CT molecular complexity index is 341. The van der Waals surface area contributed by atoms with E-state index in [2.05, 4.69) is 37.4 Å². The first-order valence-corrected chi connectivity index (χ1v) is 5.68. The Labute approximate surface area is 123 Å². The van der Waals surface area contributed by atoms with Crippen LogP contribution in [0.25, 0.3) is 0 Å². The number of benzene rings is 1. The van der Waals surface area contributed by atoms with Gasteiger partial charge in [0.1, 0.15) is 6.10 Å². The Balaban J connectivity index is 0.00000128. The summed E-state index contributed by atoms with van der Waals surface area (Å²) in [5, 5.41) is 3.32. The van der Waals surface area contributed by atoms with Crippen molar-refractivity contribution in [1.82, 2.24) is 5.32 Å². The first-order valence-electron chi connectivity index (χ1n) is 5.68. The molecule has 1 unspecified atom stereocenters. The molecule has 0 bridgehead atoms. The molecule has 1 N–H and O–H groups in total. The minimum Gasteiger partial charge on any atom is -0.515 e. The molecule has 0 spiro atoms. The van der Waals surface area contributed by atoms with E-state index in [-0.39, 0.29) is 32.7 Å². The Hall–Kier alpha value is 0.0839. The van der Waals surface area contributed by atoms with E-state index in [1.165, 1.54) is 5.56 Å². The molecule has 0 fully saturated rings. The molecule has 0 saturated carbocycles. The van der Waals surface area contributed by atoms with Crippen LogP contribution in [0.3, 0.4) is 0 Å². The Morgan fingerprint density at radius 3 is 3.06 bits per heavy atom. The molecule has 0 aliphatic carbocycles. The van der Waals surface area contributed by atoms with Crippen LogP contribution >= 0.6 is 0 Å². The maximum atomic E-state index is 5.90. The molecule has 2 nitrogen and oxygen atoms in total. The van der Waals surface area contributed by atoms with Crippen molar-refractivity contribution in [3.05, 3.63) is 29.3 Å². The van der Waals surface area contributed by atoms with E-state index in [1.807, 2.05) is 0 Å². The van der Waals surface area contributed by atoms with Crippen LogP contribution in [0.4, 0.5) is 0 Å². The summed E-state index contributed by atoms with van der Waals surface area (Å²) in [6.07, 6.45) is 2.54. The van der Waals surface area contributed by atoms with Crippen molar-refractivity contribution >= 4 is 0 Å². The summed E-state index contributed by atoms with van der Waals surface area (Å²) < 4.78 is 5.90. The minimum atomic E-state index is 0. The van der Waals surface area contributed by atoms with Crippen LogP contribution in [0.15, 0.2) is 12.1 Å². The molecular formula is C13H18NOY-. The van der Waals surface area contributed by atoms with Gasteiger partial charge in [-0.25, -0.2) is 0 Å². The molecule has 3 heteroatoms. The third kappa shape index (κ3) is 3.54. The van der Waals surface area contributed by atoms with Gasteiger partial charge in [0.05, 0.1) is 0 Å². The summed E-state index contributed by atoms with van der Waals surface area (Å²) in [4.78, 5) is 0. The van der Waals surface area contributed by atoms with E-state index < -0.39 is 0 Å². The second kappa shape index (κ2) is 6.73. The van der Waals surface area contributed by atoms with Gasteiger partial charge >= 0.3 is 0 Å². The average Bonchev–Trinajstić information content (AvgIpc) is 2.25. The molecule has 1 aromatic carbocycles. The van der Waals surface area contributed by atoms with Gasteiger partial charge in [0, 0.05) is 45.0 Å². The molecule has 0 amide bonds. The van der Waals surface area contributed by atoms with Gasteiger partial charge in [0.15, 0.2) is 0 Å². The molecule has 1 heterocycles. The van der Waals surface area contributed by atoms with Gasteiger partial charge < -0.3 is 10.1 Å². The van der Waals surface area contributed by atoms with Gasteiger partial charge in [0.2, 0.25) is 0 Å². The molecule has 16 heavy (non-hydrogen) atoms.